The second-order valence-corrected chi connectivity index (χ2v) is 6.66. The minimum Gasteiger partial charge on any atom is -0.371 e. The van der Waals surface area contributed by atoms with Crippen molar-refractivity contribution >= 4 is 24.3 Å². The lowest BCUT2D eigenvalue weighted by Crippen LogP contribution is -2.59. The smallest absolute Gasteiger partial charge is 0.314 e. The van der Waals surface area contributed by atoms with Crippen LogP contribution in [0.2, 0.25) is 0 Å². The molecule has 23 heavy (non-hydrogen) atoms. The van der Waals surface area contributed by atoms with Crippen LogP contribution in [-0.4, -0.2) is 73.2 Å². The average Bonchev–Trinajstić information content (AvgIpc) is 2.55. The van der Waals surface area contributed by atoms with E-state index in [9.17, 15) is 9.59 Å². The van der Waals surface area contributed by atoms with Crippen molar-refractivity contribution in [2.24, 2.45) is 11.7 Å². The number of rotatable bonds is 1. The van der Waals surface area contributed by atoms with E-state index < -0.39 is 6.03 Å². The molecule has 0 aromatic heterocycles. The van der Waals surface area contributed by atoms with Crippen LogP contribution in [0, 0.1) is 5.92 Å². The number of urea groups is 1. The largest absolute Gasteiger partial charge is 0.371 e. The van der Waals surface area contributed by atoms with Gasteiger partial charge in [-0.3, -0.25) is 4.79 Å². The Bertz CT molecular complexity index is 437. The predicted molar refractivity (Wildman–Crippen MR) is 88.5 cm³/mol. The molecule has 0 radical (unpaired) electrons. The molecule has 0 bridgehead atoms. The summed E-state index contributed by atoms with van der Waals surface area (Å²) in [5, 5.41) is 3.34. The summed E-state index contributed by atoms with van der Waals surface area (Å²) >= 11 is 0. The molecule has 3 N–H and O–H groups in total. The first-order valence-corrected chi connectivity index (χ1v) is 8.27. The molecule has 3 aliphatic heterocycles. The van der Waals surface area contributed by atoms with Crippen LogP contribution in [0.4, 0.5) is 4.79 Å². The van der Waals surface area contributed by atoms with Gasteiger partial charge in [-0.15, -0.1) is 12.4 Å². The van der Waals surface area contributed by atoms with Gasteiger partial charge in [-0.05, 0) is 38.8 Å². The molecule has 0 aromatic rings. The Morgan fingerprint density at radius 2 is 1.91 bits per heavy atom. The number of hydrogen-bond acceptors (Lipinski definition) is 4. The molecule has 8 heteroatoms. The lowest BCUT2D eigenvalue weighted by Gasteiger charge is -2.46. The topological polar surface area (TPSA) is 87.9 Å². The van der Waals surface area contributed by atoms with Crippen molar-refractivity contribution in [3.63, 3.8) is 0 Å². The molecule has 1 spiro atoms. The van der Waals surface area contributed by atoms with Crippen molar-refractivity contribution in [3.05, 3.63) is 0 Å². The fraction of sp³-hybridized carbons (Fsp3) is 0.867. The summed E-state index contributed by atoms with van der Waals surface area (Å²) in [6, 6.07) is -0.422. The quantitative estimate of drug-likeness (QED) is 0.709. The number of ether oxygens (including phenoxy) is 1. The molecule has 3 amide bonds. The maximum absolute atomic E-state index is 12.8. The number of likely N-dealkylation sites (tertiary alicyclic amines) is 1. The van der Waals surface area contributed by atoms with E-state index in [4.69, 9.17) is 10.5 Å². The maximum Gasteiger partial charge on any atom is 0.314 e. The zero-order valence-electron chi connectivity index (χ0n) is 13.5. The van der Waals surface area contributed by atoms with Crippen LogP contribution in [0.3, 0.4) is 0 Å². The summed E-state index contributed by atoms with van der Waals surface area (Å²) in [4.78, 5) is 27.7. The van der Waals surface area contributed by atoms with E-state index >= 15 is 0 Å². The van der Waals surface area contributed by atoms with Gasteiger partial charge >= 0.3 is 6.03 Å². The molecule has 3 fully saturated rings. The van der Waals surface area contributed by atoms with E-state index in [0.717, 1.165) is 38.8 Å². The lowest BCUT2D eigenvalue weighted by atomic mass is 9.89. The molecule has 3 heterocycles. The minimum absolute atomic E-state index is 0. The maximum atomic E-state index is 12.8. The van der Waals surface area contributed by atoms with Gasteiger partial charge in [-0.1, -0.05) is 0 Å². The summed E-state index contributed by atoms with van der Waals surface area (Å²) in [6.45, 7) is 4.96. The number of piperidine rings is 2. The number of carbonyl (C=O) groups excluding carboxylic acids is 2. The summed E-state index contributed by atoms with van der Waals surface area (Å²) < 4.78 is 6.02. The van der Waals surface area contributed by atoms with Gasteiger partial charge in [-0.25, -0.2) is 4.79 Å². The third-order valence-corrected chi connectivity index (χ3v) is 5.16. The zero-order valence-corrected chi connectivity index (χ0v) is 14.3. The summed E-state index contributed by atoms with van der Waals surface area (Å²) in [5.41, 5.74) is 5.19. The van der Waals surface area contributed by atoms with E-state index in [-0.39, 0.29) is 29.8 Å². The standard InChI is InChI=1S/C15H26N4O3.ClH/c16-14(21)18-7-1-2-12(10-18)13(20)19-8-9-22-15(11-19)3-5-17-6-4-15;/h12,17H,1-11H2,(H2,16,21);1H. The van der Waals surface area contributed by atoms with Crippen LogP contribution < -0.4 is 11.1 Å². The Morgan fingerprint density at radius 3 is 2.61 bits per heavy atom. The van der Waals surface area contributed by atoms with Gasteiger partial charge in [0.1, 0.15) is 0 Å². The molecular formula is C15H27ClN4O3. The van der Waals surface area contributed by atoms with Gasteiger partial charge in [0.2, 0.25) is 5.91 Å². The van der Waals surface area contributed by atoms with Crippen molar-refractivity contribution in [2.45, 2.75) is 31.3 Å². The second kappa shape index (κ2) is 7.68. The van der Waals surface area contributed by atoms with Crippen LogP contribution >= 0.6 is 12.4 Å². The molecular weight excluding hydrogens is 320 g/mol. The van der Waals surface area contributed by atoms with Crippen LogP contribution in [-0.2, 0) is 9.53 Å². The number of nitrogens with one attached hydrogen (secondary N) is 1. The first-order chi connectivity index (χ1) is 10.6. The summed E-state index contributed by atoms with van der Waals surface area (Å²) in [7, 11) is 0. The third kappa shape index (κ3) is 4.08. The van der Waals surface area contributed by atoms with Crippen molar-refractivity contribution < 1.29 is 14.3 Å². The fourth-order valence-electron chi connectivity index (χ4n) is 3.85. The zero-order chi connectivity index (χ0) is 15.6. The molecule has 132 valence electrons. The first kappa shape index (κ1) is 18.3. The number of carbonyl (C=O) groups is 2. The fourth-order valence-corrected chi connectivity index (χ4v) is 3.85. The molecule has 0 aromatic carbocycles. The molecule has 0 saturated carbocycles. The molecule has 1 unspecified atom stereocenters. The number of primary amides is 1. The van der Waals surface area contributed by atoms with Crippen molar-refractivity contribution in [2.75, 3.05) is 45.9 Å². The highest BCUT2D eigenvalue weighted by molar-refractivity contribution is 5.85. The Hall–Kier alpha value is -1.05. The predicted octanol–water partition coefficient (Wildman–Crippen LogP) is 0.180. The molecule has 3 saturated heterocycles. The second-order valence-electron chi connectivity index (χ2n) is 6.66. The van der Waals surface area contributed by atoms with E-state index in [1.54, 1.807) is 4.90 Å². The van der Waals surface area contributed by atoms with Gasteiger partial charge in [0.25, 0.3) is 0 Å². The van der Waals surface area contributed by atoms with Gasteiger partial charge in [0.05, 0.1) is 18.1 Å². The number of halogens is 1. The first-order valence-electron chi connectivity index (χ1n) is 8.27. The van der Waals surface area contributed by atoms with E-state index in [1.165, 1.54) is 0 Å². The number of nitrogens with zero attached hydrogens (tertiary/aromatic N) is 2. The third-order valence-electron chi connectivity index (χ3n) is 5.16. The van der Waals surface area contributed by atoms with E-state index in [2.05, 4.69) is 5.32 Å². The van der Waals surface area contributed by atoms with Gasteiger partial charge in [0.15, 0.2) is 0 Å². The van der Waals surface area contributed by atoms with E-state index in [0.29, 0.717) is 32.8 Å². The SMILES string of the molecule is Cl.NC(=O)N1CCCC(C(=O)N2CCOC3(CCNCC3)C2)C1. The van der Waals surface area contributed by atoms with Gasteiger partial charge in [-0.2, -0.15) is 0 Å². The lowest BCUT2D eigenvalue weighted by molar-refractivity contribution is -0.159. The number of morpholine rings is 1. The normalized spacial score (nSPS) is 27.4. The molecule has 3 aliphatic rings. The Balaban J connectivity index is 0.00000192. The molecule has 3 rings (SSSR count). The average molecular weight is 347 g/mol. The Labute approximate surface area is 143 Å². The number of amides is 3. The highest BCUT2D eigenvalue weighted by Crippen LogP contribution is 2.29. The van der Waals surface area contributed by atoms with Crippen LogP contribution in [0.25, 0.3) is 0 Å². The van der Waals surface area contributed by atoms with Crippen LogP contribution in [0.15, 0.2) is 0 Å². The highest BCUT2D eigenvalue weighted by Gasteiger charge is 2.41. The highest BCUT2D eigenvalue weighted by atomic mass is 35.5. The van der Waals surface area contributed by atoms with Crippen molar-refractivity contribution in [1.29, 1.82) is 0 Å². The molecule has 0 aliphatic carbocycles. The minimum atomic E-state index is -0.422. The van der Waals surface area contributed by atoms with Crippen molar-refractivity contribution in [3.8, 4) is 0 Å². The number of hydrogen-bond donors (Lipinski definition) is 2. The molecule has 7 nitrogen and oxygen atoms in total. The van der Waals surface area contributed by atoms with Crippen LogP contribution in [0.5, 0.6) is 0 Å². The number of nitrogens with two attached hydrogens (primary N) is 1. The van der Waals surface area contributed by atoms with Gasteiger partial charge in [0, 0.05) is 26.2 Å². The van der Waals surface area contributed by atoms with Gasteiger partial charge < -0.3 is 25.6 Å². The Morgan fingerprint density at radius 1 is 1.17 bits per heavy atom. The Kier molecular flexibility index (Phi) is 6.11. The molecule has 1 atom stereocenters. The van der Waals surface area contributed by atoms with Crippen molar-refractivity contribution in [1.82, 2.24) is 15.1 Å². The summed E-state index contributed by atoms with van der Waals surface area (Å²) in [5.74, 6) is 0.0465. The van der Waals surface area contributed by atoms with E-state index in [1.807, 2.05) is 4.90 Å². The monoisotopic (exact) mass is 346 g/mol. The van der Waals surface area contributed by atoms with Crippen LogP contribution in [0.1, 0.15) is 25.7 Å². The summed E-state index contributed by atoms with van der Waals surface area (Å²) in [6.07, 6.45) is 3.59.